The van der Waals surface area contributed by atoms with Crippen LogP contribution in [0.2, 0.25) is 10.0 Å². The highest BCUT2D eigenvalue weighted by Crippen LogP contribution is 2.45. The molecule has 43 heavy (non-hydrogen) atoms. The molecule has 0 fully saturated rings. The number of furan rings is 1. The van der Waals surface area contributed by atoms with E-state index in [0.717, 1.165) is 36.0 Å². The van der Waals surface area contributed by atoms with Gasteiger partial charge in [-0.1, -0.05) is 50.0 Å². The fourth-order valence-corrected chi connectivity index (χ4v) is 6.96. The largest absolute Gasteiger partial charge is 0.490 e. The number of hydrogen-bond acceptors (Lipinski definition) is 6. The van der Waals surface area contributed by atoms with Gasteiger partial charge in [-0.3, -0.25) is 4.79 Å². The third kappa shape index (κ3) is 7.64. The topological polar surface area (TPSA) is 73.1 Å². The second kappa shape index (κ2) is 13.6. The molecular formula is C34H36Cl2N2O4S. The van der Waals surface area contributed by atoms with E-state index in [2.05, 4.69) is 26.1 Å². The van der Waals surface area contributed by atoms with Crippen LogP contribution < -0.4 is 14.8 Å². The first-order valence-electron chi connectivity index (χ1n) is 14.4. The standard InChI is InChI=1S/C34H36Cl2N2O4S/c1-5-40-29-15-21(8-13-28(29)42-20-22-9-11-24(35)17-27(22)36)18-38-33-31(32(39)37-19-25-7-6-14-41-25)26-12-10-23(34(2,3)4)16-30(26)43-33/h6-9,11,13-15,17-18,23H,5,10,12,16,19-20H2,1-4H3,(H,37,39)/t23-/m0/s1. The second-order valence-corrected chi connectivity index (χ2v) is 13.6. The van der Waals surface area contributed by atoms with Crippen molar-refractivity contribution in [2.75, 3.05) is 6.61 Å². The number of nitrogens with one attached hydrogen (secondary N) is 1. The van der Waals surface area contributed by atoms with E-state index in [4.69, 9.17) is 42.1 Å². The average Bonchev–Trinajstić information content (AvgIpc) is 3.62. The highest BCUT2D eigenvalue weighted by Gasteiger charge is 2.33. The first-order valence-corrected chi connectivity index (χ1v) is 16.0. The van der Waals surface area contributed by atoms with Crippen LogP contribution in [0.1, 0.15) is 71.8 Å². The summed E-state index contributed by atoms with van der Waals surface area (Å²) in [7, 11) is 0. The number of amides is 1. The molecule has 5 rings (SSSR count). The van der Waals surface area contributed by atoms with Crippen LogP contribution in [-0.2, 0) is 26.0 Å². The summed E-state index contributed by atoms with van der Waals surface area (Å²) >= 11 is 14.0. The zero-order valence-corrected chi connectivity index (χ0v) is 27.2. The molecular weight excluding hydrogens is 603 g/mol. The predicted octanol–water partition coefficient (Wildman–Crippen LogP) is 9.46. The maximum atomic E-state index is 13.5. The third-order valence-corrected chi connectivity index (χ3v) is 9.45. The molecule has 1 N–H and O–H groups in total. The van der Waals surface area contributed by atoms with Crippen molar-refractivity contribution < 1.29 is 18.7 Å². The van der Waals surface area contributed by atoms with Crippen molar-refractivity contribution in [2.45, 2.75) is 60.1 Å². The van der Waals surface area contributed by atoms with Crippen LogP contribution in [0.4, 0.5) is 5.00 Å². The van der Waals surface area contributed by atoms with Gasteiger partial charge < -0.3 is 19.2 Å². The van der Waals surface area contributed by atoms with E-state index >= 15 is 0 Å². The van der Waals surface area contributed by atoms with Crippen molar-refractivity contribution in [3.63, 3.8) is 0 Å². The number of benzene rings is 2. The lowest BCUT2D eigenvalue weighted by atomic mass is 9.72. The van der Waals surface area contributed by atoms with E-state index in [-0.39, 0.29) is 17.9 Å². The van der Waals surface area contributed by atoms with Crippen LogP contribution in [0, 0.1) is 11.3 Å². The Balaban J connectivity index is 1.40. The summed E-state index contributed by atoms with van der Waals surface area (Å²) in [5.41, 5.74) is 3.65. The molecule has 0 saturated carbocycles. The number of ether oxygens (including phenoxy) is 2. The number of thiophene rings is 1. The van der Waals surface area contributed by atoms with Gasteiger partial charge >= 0.3 is 0 Å². The minimum Gasteiger partial charge on any atom is -0.490 e. The van der Waals surface area contributed by atoms with Crippen LogP contribution in [0.15, 0.2) is 64.2 Å². The molecule has 2 aromatic heterocycles. The van der Waals surface area contributed by atoms with E-state index in [9.17, 15) is 4.79 Å². The van der Waals surface area contributed by atoms with E-state index in [1.165, 1.54) is 4.88 Å². The van der Waals surface area contributed by atoms with Gasteiger partial charge in [-0.15, -0.1) is 11.3 Å². The first kappa shape index (κ1) is 31.2. The molecule has 0 aliphatic heterocycles. The lowest BCUT2D eigenvalue weighted by Crippen LogP contribution is -2.28. The quantitative estimate of drug-likeness (QED) is 0.176. The summed E-state index contributed by atoms with van der Waals surface area (Å²) in [5, 5.41) is 4.87. The van der Waals surface area contributed by atoms with Gasteiger partial charge in [-0.05, 0) is 91.1 Å². The summed E-state index contributed by atoms with van der Waals surface area (Å²) in [5.74, 6) is 2.34. The number of hydrogen-bond donors (Lipinski definition) is 1. The van der Waals surface area contributed by atoms with Crippen LogP contribution in [0.3, 0.4) is 0 Å². The van der Waals surface area contributed by atoms with Crippen molar-refractivity contribution >= 4 is 51.7 Å². The van der Waals surface area contributed by atoms with Gasteiger partial charge in [0, 0.05) is 26.7 Å². The first-order chi connectivity index (χ1) is 20.6. The molecule has 0 radical (unpaired) electrons. The number of fused-ring (bicyclic) bond motifs is 1. The van der Waals surface area contributed by atoms with Crippen LogP contribution in [0.5, 0.6) is 11.5 Å². The van der Waals surface area contributed by atoms with Crippen molar-refractivity contribution in [3.05, 3.63) is 97.7 Å². The molecule has 6 nitrogen and oxygen atoms in total. The zero-order valence-electron chi connectivity index (χ0n) is 24.8. The summed E-state index contributed by atoms with van der Waals surface area (Å²) in [6.07, 6.45) is 6.26. The Morgan fingerprint density at radius 2 is 1.98 bits per heavy atom. The highest BCUT2D eigenvalue weighted by molar-refractivity contribution is 7.16. The maximum Gasteiger partial charge on any atom is 0.255 e. The van der Waals surface area contributed by atoms with Gasteiger partial charge in [-0.2, -0.15) is 0 Å². The van der Waals surface area contributed by atoms with Gasteiger partial charge in [0.05, 0.1) is 25.0 Å². The van der Waals surface area contributed by atoms with Gasteiger partial charge in [-0.25, -0.2) is 4.99 Å². The van der Waals surface area contributed by atoms with E-state index < -0.39 is 0 Å². The number of aliphatic imine (C=N–C) groups is 1. The summed E-state index contributed by atoms with van der Waals surface area (Å²) in [6.45, 7) is 9.88. The number of carbonyl (C=O) groups is 1. The van der Waals surface area contributed by atoms with Gasteiger partial charge in [0.1, 0.15) is 17.4 Å². The molecule has 4 aromatic rings. The molecule has 2 aromatic carbocycles. The van der Waals surface area contributed by atoms with Gasteiger partial charge in [0.2, 0.25) is 0 Å². The van der Waals surface area contributed by atoms with Crippen molar-refractivity contribution in [3.8, 4) is 11.5 Å². The Morgan fingerprint density at radius 3 is 2.70 bits per heavy atom. The molecule has 1 amide bonds. The number of halogens is 2. The molecule has 1 atom stereocenters. The molecule has 0 unspecified atom stereocenters. The lowest BCUT2D eigenvalue weighted by molar-refractivity contribution is 0.0947. The smallest absolute Gasteiger partial charge is 0.255 e. The minimum atomic E-state index is -0.130. The minimum absolute atomic E-state index is 0.130. The Kier molecular flexibility index (Phi) is 9.85. The molecule has 0 spiro atoms. The van der Waals surface area contributed by atoms with E-state index in [0.29, 0.717) is 56.9 Å². The molecule has 1 aliphatic carbocycles. The number of rotatable bonds is 10. The third-order valence-electron chi connectivity index (χ3n) is 7.70. The second-order valence-electron chi connectivity index (χ2n) is 11.7. The Morgan fingerprint density at radius 1 is 1.14 bits per heavy atom. The van der Waals surface area contributed by atoms with E-state index in [1.54, 1.807) is 35.9 Å². The summed E-state index contributed by atoms with van der Waals surface area (Å²) < 4.78 is 17.4. The van der Waals surface area contributed by atoms with Crippen molar-refractivity contribution in [1.82, 2.24) is 5.32 Å². The fourth-order valence-electron chi connectivity index (χ4n) is 5.22. The van der Waals surface area contributed by atoms with Crippen molar-refractivity contribution in [2.24, 2.45) is 16.3 Å². The monoisotopic (exact) mass is 638 g/mol. The SMILES string of the molecule is CCOc1cc(C=Nc2sc3c(c2C(=O)NCc2ccco2)CC[C@H](C(C)(C)C)C3)ccc1OCc1ccc(Cl)cc1Cl. The van der Waals surface area contributed by atoms with Crippen LogP contribution in [0.25, 0.3) is 0 Å². The highest BCUT2D eigenvalue weighted by atomic mass is 35.5. The van der Waals surface area contributed by atoms with Gasteiger partial charge in [0.15, 0.2) is 11.5 Å². The molecule has 0 bridgehead atoms. The molecule has 2 heterocycles. The Labute approximate surface area is 267 Å². The normalized spacial score (nSPS) is 15.0. The Bertz CT molecular complexity index is 1610. The average molecular weight is 640 g/mol. The predicted molar refractivity (Wildman–Crippen MR) is 175 cm³/mol. The summed E-state index contributed by atoms with van der Waals surface area (Å²) in [6, 6.07) is 14.7. The molecule has 226 valence electrons. The fraction of sp³-hybridized carbons (Fsp3) is 0.353. The number of carbonyl (C=O) groups excluding carboxylic acids is 1. The lowest BCUT2D eigenvalue weighted by Gasteiger charge is -2.33. The molecule has 0 saturated heterocycles. The van der Waals surface area contributed by atoms with Crippen molar-refractivity contribution in [1.29, 1.82) is 0 Å². The Hall–Kier alpha value is -3.26. The molecule has 1 aliphatic rings. The number of nitrogens with zero attached hydrogens (tertiary/aromatic N) is 1. The van der Waals surface area contributed by atoms with Gasteiger partial charge in [0.25, 0.3) is 5.91 Å². The van der Waals surface area contributed by atoms with E-state index in [1.807, 2.05) is 43.3 Å². The van der Waals surface area contributed by atoms with Crippen LogP contribution in [-0.4, -0.2) is 18.7 Å². The maximum absolute atomic E-state index is 13.5. The molecule has 9 heteroatoms. The van der Waals surface area contributed by atoms with Crippen LogP contribution >= 0.6 is 34.5 Å². The summed E-state index contributed by atoms with van der Waals surface area (Å²) in [4.78, 5) is 19.6. The zero-order chi connectivity index (χ0) is 30.6.